The van der Waals surface area contributed by atoms with Crippen molar-refractivity contribution in [2.24, 2.45) is 5.92 Å². The second kappa shape index (κ2) is 8.65. The number of hydrogen-bond donors (Lipinski definition) is 0. The highest BCUT2D eigenvalue weighted by Crippen LogP contribution is 2.26. The fraction of sp³-hybridized carbons (Fsp3) is 0.381. The zero-order valence-corrected chi connectivity index (χ0v) is 15.5. The highest BCUT2D eigenvalue weighted by Gasteiger charge is 2.31. The van der Waals surface area contributed by atoms with Crippen molar-refractivity contribution in [3.05, 3.63) is 59.7 Å². The van der Waals surface area contributed by atoms with Gasteiger partial charge < -0.3 is 9.47 Å². The zero-order valence-electron chi connectivity index (χ0n) is 15.5. The number of halogens is 3. The number of piperidine rings is 1. The highest BCUT2D eigenvalue weighted by atomic mass is 19.4. The number of alkyl halides is 3. The maximum Gasteiger partial charge on any atom is 0.573 e. The number of ketones is 1. The lowest BCUT2D eigenvalue weighted by atomic mass is 9.88. The lowest BCUT2D eigenvalue weighted by Crippen LogP contribution is -2.35. The minimum absolute atomic E-state index is 0.00722. The molecule has 7 heteroatoms. The normalized spacial score (nSPS) is 16.0. The second-order valence-electron chi connectivity index (χ2n) is 6.83. The van der Waals surface area contributed by atoms with Crippen LogP contribution in [-0.4, -0.2) is 37.2 Å². The summed E-state index contributed by atoms with van der Waals surface area (Å²) in [4.78, 5) is 14.9. The van der Waals surface area contributed by atoms with Crippen LogP contribution in [0.2, 0.25) is 0 Å². The van der Waals surface area contributed by atoms with Crippen molar-refractivity contribution >= 4 is 5.78 Å². The number of carbonyl (C=O) groups is 1. The van der Waals surface area contributed by atoms with Crippen molar-refractivity contribution < 1.29 is 27.4 Å². The van der Waals surface area contributed by atoms with Crippen molar-refractivity contribution in [1.29, 1.82) is 0 Å². The number of hydrogen-bond acceptors (Lipinski definition) is 4. The molecule has 0 amide bonds. The molecule has 0 bridgehead atoms. The van der Waals surface area contributed by atoms with Gasteiger partial charge >= 0.3 is 6.36 Å². The summed E-state index contributed by atoms with van der Waals surface area (Å²) in [5.41, 5.74) is 1.61. The van der Waals surface area contributed by atoms with E-state index in [4.69, 9.17) is 4.74 Å². The molecular weight excluding hydrogens is 371 g/mol. The molecule has 1 aliphatic heterocycles. The smallest absolute Gasteiger partial charge is 0.497 e. The van der Waals surface area contributed by atoms with E-state index < -0.39 is 6.36 Å². The molecule has 3 rings (SSSR count). The number of rotatable bonds is 6. The van der Waals surface area contributed by atoms with Crippen LogP contribution in [0.3, 0.4) is 0 Å². The van der Waals surface area contributed by atoms with Gasteiger partial charge in [-0.2, -0.15) is 0 Å². The van der Waals surface area contributed by atoms with Crippen LogP contribution in [0.25, 0.3) is 0 Å². The second-order valence-corrected chi connectivity index (χ2v) is 6.83. The standard InChI is InChI=1S/C21H22F3NO3/c1-27-18-8-4-16(5-9-18)20(26)17-10-12-25(13-11-17)14-15-2-6-19(7-3-15)28-21(22,23)24/h2-9,17H,10-14H2,1H3. The molecule has 28 heavy (non-hydrogen) atoms. The summed E-state index contributed by atoms with van der Waals surface area (Å²) in [6, 6.07) is 13.1. The Bertz CT molecular complexity index is 780. The van der Waals surface area contributed by atoms with Gasteiger partial charge in [-0.05, 0) is 67.9 Å². The van der Waals surface area contributed by atoms with E-state index in [-0.39, 0.29) is 17.5 Å². The molecule has 1 heterocycles. The number of likely N-dealkylation sites (tertiary alicyclic amines) is 1. The third kappa shape index (κ3) is 5.48. The van der Waals surface area contributed by atoms with E-state index in [1.54, 1.807) is 43.5 Å². The summed E-state index contributed by atoms with van der Waals surface area (Å²) >= 11 is 0. The molecule has 1 aliphatic rings. The van der Waals surface area contributed by atoms with E-state index in [1.807, 2.05) is 0 Å². The van der Waals surface area contributed by atoms with Gasteiger partial charge in [0.25, 0.3) is 0 Å². The Kier molecular flexibility index (Phi) is 6.24. The topological polar surface area (TPSA) is 38.8 Å². The van der Waals surface area contributed by atoms with E-state index in [2.05, 4.69) is 9.64 Å². The Morgan fingerprint density at radius 3 is 2.11 bits per heavy atom. The highest BCUT2D eigenvalue weighted by molar-refractivity contribution is 5.98. The van der Waals surface area contributed by atoms with Crippen LogP contribution in [-0.2, 0) is 6.54 Å². The van der Waals surface area contributed by atoms with Gasteiger partial charge in [-0.3, -0.25) is 9.69 Å². The number of ether oxygens (including phenoxy) is 2. The SMILES string of the molecule is COc1ccc(C(=O)C2CCN(Cc3ccc(OC(F)(F)F)cc3)CC2)cc1. The van der Waals surface area contributed by atoms with Crippen LogP contribution >= 0.6 is 0 Å². The summed E-state index contributed by atoms with van der Waals surface area (Å²) in [6.45, 7) is 2.18. The Balaban J connectivity index is 1.50. The molecule has 2 aromatic carbocycles. The Hall–Kier alpha value is -2.54. The largest absolute Gasteiger partial charge is 0.573 e. The molecule has 0 saturated carbocycles. The molecule has 0 unspecified atom stereocenters. The van der Waals surface area contributed by atoms with E-state index in [0.29, 0.717) is 12.1 Å². The molecule has 150 valence electrons. The minimum atomic E-state index is -4.68. The van der Waals surface area contributed by atoms with Crippen LogP contribution in [0.5, 0.6) is 11.5 Å². The molecule has 0 atom stereocenters. The number of nitrogens with zero attached hydrogens (tertiary/aromatic N) is 1. The van der Waals surface area contributed by atoms with E-state index in [0.717, 1.165) is 37.2 Å². The third-order valence-corrected chi connectivity index (χ3v) is 4.90. The van der Waals surface area contributed by atoms with E-state index >= 15 is 0 Å². The first-order valence-electron chi connectivity index (χ1n) is 9.09. The molecule has 0 spiro atoms. The number of carbonyl (C=O) groups excluding carboxylic acids is 1. The third-order valence-electron chi connectivity index (χ3n) is 4.90. The van der Waals surface area contributed by atoms with E-state index in [1.165, 1.54) is 12.1 Å². The van der Waals surface area contributed by atoms with Crippen molar-refractivity contribution in [2.45, 2.75) is 25.7 Å². The Morgan fingerprint density at radius 2 is 1.57 bits per heavy atom. The zero-order chi connectivity index (χ0) is 20.1. The van der Waals surface area contributed by atoms with Gasteiger partial charge in [-0.25, -0.2) is 0 Å². The lowest BCUT2D eigenvalue weighted by molar-refractivity contribution is -0.274. The predicted molar refractivity (Wildman–Crippen MR) is 98.5 cm³/mol. The van der Waals surface area contributed by atoms with E-state index in [9.17, 15) is 18.0 Å². The van der Waals surface area contributed by atoms with Gasteiger partial charge in [0, 0.05) is 18.0 Å². The quantitative estimate of drug-likeness (QED) is 0.668. The van der Waals surface area contributed by atoms with Gasteiger partial charge in [-0.15, -0.1) is 13.2 Å². The first-order valence-corrected chi connectivity index (χ1v) is 9.09. The van der Waals surface area contributed by atoms with Gasteiger partial charge in [0.05, 0.1) is 7.11 Å². The Morgan fingerprint density at radius 1 is 1.00 bits per heavy atom. The van der Waals surface area contributed by atoms with Gasteiger partial charge in [0.15, 0.2) is 5.78 Å². The van der Waals surface area contributed by atoms with Crippen LogP contribution in [0.4, 0.5) is 13.2 Å². The fourth-order valence-electron chi connectivity index (χ4n) is 3.40. The molecule has 1 fully saturated rings. The van der Waals surface area contributed by atoms with Crippen LogP contribution < -0.4 is 9.47 Å². The molecule has 0 N–H and O–H groups in total. The number of benzene rings is 2. The predicted octanol–water partition coefficient (Wildman–Crippen LogP) is 4.69. The first kappa shape index (κ1) is 20.2. The lowest BCUT2D eigenvalue weighted by Gasteiger charge is -2.31. The van der Waals surface area contributed by atoms with Crippen LogP contribution in [0.1, 0.15) is 28.8 Å². The molecule has 1 saturated heterocycles. The average Bonchev–Trinajstić information content (AvgIpc) is 2.68. The minimum Gasteiger partial charge on any atom is -0.497 e. The summed E-state index contributed by atoms with van der Waals surface area (Å²) in [6.07, 6.45) is -3.15. The first-order chi connectivity index (χ1) is 13.3. The van der Waals surface area contributed by atoms with Crippen molar-refractivity contribution in [3.63, 3.8) is 0 Å². The van der Waals surface area contributed by atoms with Crippen molar-refractivity contribution in [1.82, 2.24) is 4.90 Å². The molecule has 0 radical (unpaired) electrons. The molecular formula is C21H22F3NO3. The maximum absolute atomic E-state index is 12.7. The van der Waals surface area contributed by atoms with Crippen molar-refractivity contribution in [3.8, 4) is 11.5 Å². The summed E-state index contributed by atoms with van der Waals surface area (Å²) in [5, 5.41) is 0. The molecule has 4 nitrogen and oxygen atoms in total. The molecule has 2 aromatic rings. The van der Waals surface area contributed by atoms with Crippen molar-refractivity contribution in [2.75, 3.05) is 20.2 Å². The fourth-order valence-corrected chi connectivity index (χ4v) is 3.40. The number of methoxy groups -OCH3 is 1. The summed E-state index contributed by atoms with van der Waals surface area (Å²) < 4.78 is 45.6. The molecule has 0 aliphatic carbocycles. The Labute approximate surface area is 161 Å². The summed E-state index contributed by atoms with van der Waals surface area (Å²) in [5.74, 6) is 0.640. The van der Waals surface area contributed by atoms with Gasteiger partial charge in [0.2, 0.25) is 0 Å². The number of Topliss-reactive ketones (excluding diaryl/α,β-unsaturated/α-hetero) is 1. The average molecular weight is 393 g/mol. The van der Waals surface area contributed by atoms with Crippen LogP contribution in [0.15, 0.2) is 48.5 Å². The molecule has 0 aromatic heterocycles. The maximum atomic E-state index is 12.7. The monoisotopic (exact) mass is 393 g/mol. The van der Waals surface area contributed by atoms with Crippen LogP contribution in [0, 0.1) is 5.92 Å². The van der Waals surface area contributed by atoms with Gasteiger partial charge in [-0.1, -0.05) is 12.1 Å². The summed E-state index contributed by atoms with van der Waals surface area (Å²) in [7, 11) is 1.59. The van der Waals surface area contributed by atoms with Gasteiger partial charge in [0.1, 0.15) is 11.5 Å².